The average Bonchev–Trinajstić information content (AvgIpc) is 2.97. The summed E-state index contributed by atoms with van der Waals surface area (Å²) in [6.07, 6.45) is 5.29. The summed E-state index contributed by atoms with van der Waals surface area (Å²) in [6.45, 7) is 2.03. The minimum Gasteiger partial charge on any atom is -0.576 e. The predicted octanol–water partition coefficient (Wildman–Crippen LogP) is 7.31. The molecule has 0 aliphatic rings. The highest BCUT2D eigenvalue weighted by molar-refractivity contribution is 6.40. The van der Waals surface area contributed by atoms with Crippen LogP contribution in [0, 0.1) is 6.92 Å². The van der Waals surface area contributed by atoms with Gasteiger partial charge >= 0.3 is 15.1 Å². The molecule has 7 heteroatoms. The molecule has 0 N–H and O–H groups in total. The van der Waals surface area contributed by atoms with Crippen LogP contribution in [0.25, 0.3) is 43.5 Å². The van der Waals surface area contributed by atoms with Crippen LogP contribution in [0.15, 0.2) is 116 Å². The van der Waals surface area contributed by atoms with Gasteiger partial charge in [0.05, 0.1) is 0 Å². The van der Waals surface area contributed by atoms with Crippen LogP contribution < -0.4 is 11.4 Å². The van der Waals surface area contributed by atoms with Crippen molar-refractivity contribution in [1.82, 2.24) is 15.0 Å². The second-order valence-electron chi connectivity index (χ2n) is 9.31. The van der Waals surface area contributed by atoms with Crippen LogP contribution in [0.3, 0.4) is 0 Å². The minimum absolute atomic E-state index is 0.604. The molecule has 6 nitrogen and oxygen atoms in total. The van der Waals surface area contributed by atoms with Crippen LogP contribution in [0.4, 0.5) is 0 Å². The van der Waals surface area contributed by atoms with Crippen molar-refractivity contribution in [2.75, 3.05) is 0 Å². The normalized spacial score (nSPS) is 11.2. The third-order valence-electron chi connectivity index (χ3n) is 6.66. The maximum Gasteiger partial charge on any atom is 1.20 e. The lowest BCUT2D eigenvalue weighted by Crippen LogP contribution is -2.37. The summed E-state index contributed by atoms with van der Waals surface area (Å²) >= 11 is -2.96. The van der Waals surface area contributed by atoms with Gasteiger partial charge in [-0.3, -0.25) is 15.0 Å². The van der Waals surface area contributed by atoms with Crippen molar-refractivity contribution in [3.63, 3.8) is 0 Å². The molecule has 0 spiro atoms. The maximum absolute atomic E-state index is 6.66. The van der Waals surface area contributed by atoms with Gasteiger partial charge in [-0.2, -0.15) is 0 Å². The Morgan fingerprint density at radius 1 is 0.487 bits per heavy atom. The van der Waals surface area contributed by atoms with Crippen molar-refractivity contribution < 1.29 is 11.4 Å². The molecule has 0 aliphatic carbocycles. The highest BCUT2D eigenvalue weighted by Crippen LogP contribution is 2.34. The number of aryl methyl sites for hydroxylation is 1. The highest BCUT2D eigenvalue weighted by Gasteiger charge is 2.46. The first kappa shape index (κ1) is 23.4. The SMILES string of the molecule is Cc1cc([O][Al]([O]c2cccc3cccnc23)[O]c2cc3ccccc3c3cccnc23)c2ncccc2c1. The molecular weight excluding hydrogens is 501 g/mol. The fourth-order valence-corrected chi connectivity index (χ4v) is 6.25. The number of rotatable bonds is 6. The van der Waals surface area contributed by atoms with Gasteiger partial charge in [-0.25, -0.2) is 0 Å². The minimum atomic E-state index is -2.96. The van der Waals surface area contributed by atoms with Crippen LogP contribution >= 0.6 is 0 Å². The molecule has 3 heterocycles. The molecule has 39 heavy (non-hydrogen) atoms. The van der Waals surface area contributed by atoms with Crippen LogP contribution in [0.5, 0.6) is 17.2 Å². The van der Waals surface area contributed by atoms with Gasteiger partial charge in [0.15, 0.2) is 0 Å². The van der Waals surface area contributed by atoms with Gasteiger partial charge in [-0.15, -0.1) is 0 Å². The molecule has 3 aromatic heterocycles. The van der Waals surface area contributed by atoms with Crippen molar-refractivity contribution in [3.05, 3.63) is 121 Å². The van der Waals surface area contributed by atoms with Crippen LogP contribution in [0.2, 0.25) is 0 Å². The van der Waals surface area contributed by atoms with E-state index in [0.29, 0.717) is 17.2 Å². The standard InChI is InChI=1S/C13H9NO.C10H9NO.C9H7NO.Al/c15-12-8-9-4-1-2-5-10(9)11-6-3-7-14-13(11)12;1-7-5-8-3-2-4-11-10(8)9(12)6-7;11-8-5-1-3-7-4-2-6-10-9(7)8;/h1-8,15H;2-6,12H,1H3;1-6,11H;/q;;;+3/p-3. The van der Waals surface area contributed by atoms with E-state index in [1.807, 2.05) is 79.7 Å². The fourth-order valence-electron chi connectivity index (χ4n) is 4.93. The summed E-state index contributed by atoms with van der Waals surface area (Å²) < 4.78 is 19.8. The predicted molar refractivity (Wildman–Crippen MR) is 155 cm³/mol. The van der Waals surface area contributed by atoms with Crippen molar-refractivity contribution >= 4 is 58.6 Å². The lowest BCUT2D eigenvalue weighted by molar-refractivity contribution is 0.311. The third-order valence-corrected chi connectivity index (χ3v) is 8.00. The molecule has 0 bridgehead atoms. The number of benzene rings is 4. The van der Waals surface area contributed by atoms with Crippen molar-refractivity contribution in [1.29, 1.82) is 0 Å². The number of hydrogen-bond donors (Lipinski definition) is 0. The Hall–Kier alpha value is -4.70. The molecule has 0 fully saturated rings. The van der Waals surface area contributed by atoms with Gasteiger partial charge in [0.2, 0.25) is 0 Å². The number of para-hydroxylation sites is 1. The van der Waals surface area contributed by atoms with Gasteiger partial charge in [0.1, 0.15) is 33.8 Å². The molecule has 0 saturated carbocycles. The monoisotopic (exact) mass is 523 g/mol. The Morgan fingerprint density at radius 2 is 1.08 bits per heavy atom. The number of aromatic nitrogens is 3. The Kier molecular flexibility index (Phi) is 5.93. The molecule has 7 rings (SSSR count). The first-order chi connectivity index (χ1) is 19.2. The second-order valence-corrected chi connectivity index (χ2v) is 10.6. The van der Waals surface area contributed by atoms with E-state index in [-0.39, 0.29) is 0 Å². The van der Waals surface area contributed by atoms with E-state index in [1.54, 1.807) is 18.6 Å². The summed E-state index contributed by atoms with van der Waals surface area (Å²) in [4.78, 5) is 13.8. The Balaban J connectivity index is 1.36. The van der Waals surface area contributed by atoms with E-state index in [4.69, 9.17) is 11.4 Å². The summed E-state index contributed by atoms with van der Waals surface area (Å²) in [5.74, 6) is 1.83. The number of nitrogens with zero attached hydrogens (tertiary/aromatic N) is 3. The summed E-state index contributed by atoms with van der Waals surface area (Å²) in [6, 6.07) is 32.0. The van der Waals surface area contributed by atoms with Crippen LogP contribution in [0.1, 0.15) is 5.56 Å². The molecule has 0 atom stereocenters. The summed E-state index contributed by atoms with van der Waals surface area (Å²) in [5, 5.41) is 5.14. The fraction of sp³-hybridized carbons (Fsp3) is 0.0312. The number of fused-ring (bicyclic) bond motifs is 5. The van der Waals surface area contributed by atoms with Gasteiger partial charge < -0.3 is 11.4 Å². The molecule has 0 radical (unpaired) electrons. The Labute approximate surface area is 229 Å². The molecule has 186 valence electrons. The zero-order valence-electron chi connectivity index (χ0n) is 21.1. The lowest BCUT2D eigenvalue weighted by Gasteiger charge is -2.19. The lowest BCUT2D eigenvalue weighted by atomic mass is 10.0. The Morgan fingerprint density at radius 3 is 1.92 bits per heavy atom. The zero-order chi connectivity index (χ0) is 26.2. The first-order valence-electron chi connectivity index (χ1n) is 12.7. The van der Waals surface area contributed by atoms with Crippen LogP contribution in [-0.4, -0.2) is 30.1 Å². The largest absolute Gasteiger partial charge is 1.20 e. The average molecular weight is 524 g/mol. The molecule has 0 amide bonds. The van der Waals surface area contributed by atoms with Crippen LogP contribution in [-0.2, 0) is 0 Å². The van der Waals surface area contributed by atoms with Gasteiger partial charge in [-0.05, 0) is 65.7 Å². The van der Waals surface area contributed by atoms with E-state index in [9.17, 15) is 0 Å². The highest BCUT2D eigenvalue weighted by atomic mass is 27.3. The molecule has 0 unspecified atom stereocenters. The number of pyridine rings is 3. The Bertz CT molecular complexity index is 1990. The molecular formula is C32H22AlN3O3. The van der Waals surface area contributed by atoms with Gasteiger partial charge in [0.25, 0.3) is 0 Å². The van der Waals surface area contributed by atoms with E-state index in [0.717, 1.165) is 49.0 Å². The molecule has 0 saturated heterocycles. The third kappa shape index (κ3) is 4.48. The second kappa shape index (κ2) is 9.88. The molecule has 7 aromatic rings. The summed E-state index contributed by atoms with van der Waals surface area (Å²) in [7, 11) is 0. The van der Waals surface area contributed by atoms with Crippen molar-refractivity contribution in [2.45, 2.75) is 6.92 Å². The van der Waals surface area contributed by atoms with E-state index in [2.05, 4.69) is 39.2 Å². The maximum atomic E-state index is 6.66. The van der Waals surface area contributed by atoms with Crippen molar-refractivity contribution in [3.8, 4) is 17.2 Å². The topological polar surface area (TPSA) is 66.4 Å². The van der Waals surface area contributed by atoms with E-state index < -0.39 is 15.1 Å². The van der Waals surface area contributed by atoms with Gasteiger partial charge in [0, 0.05) is 34.7 Å². The van der Waals surface area contributed by atoms with E-state index >= 15 is 0 Å². The quantitative estimate of drug-likeness (QED) is 0.168. The molecule has 0 aliphatic heterocycles. The summed E-state index contributed by atoms with van der Waals surface area (Å²) in [5.41, 5.74) is 3.32. The number of hydrogen-bond acceptors (Lipinski definition) is 6. The van der Waals surface area contributed by atoms with E-state index in [1.165, 1.54) is 0 Å². The molecule has 4 aromatic carbocycles. The first-order valence-corrected chi connectivity index (χ1v) is 14.1. The smallest absolute Gasteiger partial charge is 0.576 e. The van der Waals surface area contributed by atoms with Crippen molar-refractivity contribution in [2.24, 2.45) is 0 Å². The van der Waals surface area contributed by atoms with Gasteiger partial charge in [-0.1, -0.05) is 54.6 Å². The zero-order valence-corrected chi connectivity index (χ0v) is 22.3.